The van der Waals surface area contributed by atoms with Gasteiger partial charge in [-0.15, -0.1) is 0 Å². The van der Waals surface area contributed by atoms with E-state index in [-0.39, 0.29) is 17.3 Å². The van der Waals surface area contributed by atoms with E-state index >= 15 is 0 Å². The van der Waals surface area contributed by atoms with Gasteiger partial charge in [0.15, 0.2) is 5.78 Å². The highest BCUT2D eigenvalue weighted by Crippen LogP contribution is 2.43. The van der Waals surface area contributed by atoms with Crippen molar-refractivity contribution in [2.75, 3.05) is 0 Å². The van der Waals surface area contributed by atoms with E-state index in [2.05, 4.69) is 4.98 Å². The smallest absolute Gasteiger partial charge is 0.170 e. The van der Waals surface area contributed by atoms with Gasteiger partial charge in [-0.1, -0.05) is 0 Å². The summed E-state index contributed by atoms with van der Waals surface area (Å²) in [6, 6.07) is 1.90. The number of carbonyl (C=O) groups is 1. The van der Waals surface area contributed by atoms with Crippen molar-refractivity contribution < 1.29 is 9.53 Å². The number of nitrogens with zero attached hydrogens (tertiary/aromatic N) is 1. The van der Waals surface area contributed by atoms with Crippen molar-refractivity contribution in [3.8, 4) is 0 Å². The van der Waals surface area contributed by atoms with Gasteiger partial charge in [0.2, 0.25) is 0 Å². The second-order valence-electron chi connectivity index (χ2n) is 6.34. The fourth-order valence-corrected chi connectivity index (χ4v) is 2.86. The lowest BCUT2D eigenvalue weighted by atomic mass is 9.82. The third-order valence-corrected chi connectivity index (χ3v) is 3.55. The lowest BCUT2D eigenvalue weighted by Gasteiger charge is -2.26. The minimum absolute atomic E-state index is 0.101. The molecule has 98 valence electrons. The summed E-state index contributed by atoms with van der Waals surface area (Å²) in [6.07, 6.45) is 4.17. The maximum absolute atomic E-state index is 12.6. The first-order chi connectivity index (χ1) is 8.21. The van der Waals surface area contributed by atoms with Crippen LogP contribution in [0.2, 0.25) is 0 Å². The summed E-state index contributed by atoms with van der Waals surface area (Å²) in [5, 5.41) is 0. The molecule has 0 radical (unpaired) electrons. The van der Waals surface area contributed by atoms with E-state index < -0.39 is 5.60 Å². The number of aryl methyl sites for hydroxylation is 1. The van der Waals surface area contributed by atoms with E-state index in [1.165, 1.54) is 0 Å². The van der Waals surface area contributed by atoms with Crippen LogP contribution in [-0.2, 0) is 4.74 Å². The Labute approximate surface area is 109 Å². The maximum atomic E-state index is 12.6. The van der Waals surface area contributed by atoms with Crippen molar-refractivity contribution in [2.45, 2.75) is 52.2 Å². The first kappa shape index (κ1) is 13.2. The Morgan fingerprint density at radius 3 is 2.50 bits per heavy atom. The molecular weight excluding hydrogens is 226 g/mol. The van der Waals surface area contributed by atoms with Gasteiger partial charge in [-0.3, -0.25) is 9.78 Å². The number of ether oxygens (including phenoxy) is 1. The van der Waals surface area contributed by atoms with Crippen LogP contribution in [0.15, 0.2) is 18.5 Å². The topological polar surface area (TPSA) is 39.2 Å². The van der Waals surface area contributed by atoms with Gasteiger partial charge in [0.1, 0.15) is 0 Å². The van der Waals surface area contributed by atoms with Gasteiger partial charge in [0.05, 0.1) is 17.1 Å². The molecule has 1 unspecified atom stereocenters. The number of pyridine rings is 1. The van der Waals surface area contributed by atoms with E-state index in [1.807, 2.05) is 40.7 Å². The zero-order chi connectivity index (χ0) is 13.6. The van der Waals surface area contributed by atoms with Crippen LogP contribution in [0.25, 0.3) is 0 Å². The molecule has 2 heterocycles. The van der Waals surface area contributed by atoms with E-state index in [0.29, 0.717) is 5.56 Å². The number of ketones is 1. The van der Waals surface area contributed by atoms with Gasteiger partial charge in [0, 0.05) is 18.0 Å². The molecule has 2 rings (SSSR count). The van der Waals surface area contributed by atoms with Gasteiger partial charge in [-0.2, -0.15) is 0 Å². The van der Waals surface area contributed by atoms with Crippen LogP contribution < -0.4 is 0 Å². The summed E-state index contributed by atoms with van der Waals surface area (Å²) >= 11 is 0. The number of carbonyl (C=O) groups excluding carboxylic acids is 1. The molecule has 0 spiro atoms. The monoisotopic (exact) mass is 247 g/mol. The van der Waals surface area contributed by atoms with Crippen LogP contribution in [0.5, 0.6) is 0 Å². The second kappa shape index (κ2) is 4.16. The molecule has 1 saturated heterocycles. The highest BCUT2D eigenvalue weighted by atomic mass is 16.5. The SMILES string of the molecule is Cc1cncc(C(=O)C2CC(C)(C)OC2(C)C)c1. The molecule has 1 aliphatic rings. The molecule has 0 saturated carbocycles. The molecule has 0 aromatic carbocycles. The third kappa shape index (κ3) is 2.46. The van der Waals surface area contributed by atoms with E-state index in [0.717, 1.165) is 12.0 Å². The molecule has 18 heavy (non-hydrogen) atoms. The quantitative estimate of drug-likeness (QED) is 0.753. The number of rotatable bonds is 2. The normalized spacial score (nSPS) is 25.1. The number of aromatic nitrogens is 1. The van der Waals surface area contributed by atoms with E-state index in [4.69, 9.17) is 4.74 Å². The Morgan fingerprint density at radius 2 is 2.00 bits per heavy atom. The minimum Gasteiger partial charge on any atom is -0.369 e. The average Bonchev–Trinajstić information content (AvgIpc) is 2.45. The van der Waals surface area contributed by atoms with Crippen LogP contribution in [0.1, 0.15) is 50.0 Å². The molecule has 0 N–H and O–H groups in total. The number of hydrogen-bond donors (Lipinski definition) is 0. The van der Waals surface area contributed by atoms with E-state index in [1.54, 1.807) is 12.4 Å². The van der Waals surface area contributed by atoms with Crippen LogP contribution in [0.4, 0.5) is 0 Å². The number of hydrogen-bond acceptors (Lipinski definition) is 3. The van der Waals surface area contributed by atoms with Crippen molar-refractivity contribution in [3.05, 3.63) is 29.6 Å². The summed E-state index contributed by atoms with van der Waals surface area (Å²) < 4.78 is 5.98. The molecule has 0 aliphatic carbocycles. The summed E-state index contributed by atoms with van der Waals surface area (Å²) in [6.45, 7) is 10.0. The zero-order valence-corrected chi connectivity index (χ0v) is 11.8. The molecule has 1 atom stereocenters. The Kier molecular flexibility index (Phi) is 3.06. The molecule has 3 nitrogen and oxygen atoms in total. The van der Waals surface area contributed by atoms with Crippen LogP contribution in [-0.4, -0.2) is 22.0 Å². The Bertz CT molecular complexity index is 477. The molecule has 1 aromatic rings. The molecule has 0 bridgehead atoms. The van der Waals surface area contributed by atoms with Gasteiger partial charge in [-0.25, -0.2) is 0 Å². The maximum Gasteiger partial charge on any atom is 0.170 e. The van der Waals surface area contributed by atoms with Crippen LogP contribution in [0, 0.1) is 12.8 Å². The highest BCUT2D eigenvalue weighted by molar-refractivity contribution is 5.98. The second-order valence-corrected chi connectivity index (χ2v) is 6.34. The van der Waals surface area contributed by atoms with Gasteiger partial charge >= 0.3 is 0 Å². The predicted molar refractivity (Wildman–Crippen MR) is 70.7 cm³/mol. The van der Waals surface area contributed by atoms with Crippen molar-refractivity contribution in [1.82, 2.24) is 4.98 Å². The lowest BCUT2D eigenvalue weighted by Crippen LogP contribution is -2.33. The highest BCUT2D eigenvalue weighted by Gasteiger charge is 2.49. The van der Waals surface area contributed by atoms with Crippen molar-refractivity contribution in [3.63, 3.8) is 0 Å². The Hall–Kier alpha value is -1.22. The van der Waals surface area contributed by atoms with Crippen LogP contribution >= 0.6 is 0 Å². The molecule has 3 heteroatoms. The van der Waals surface area contributed by atoms with Crippen molar-refractivity contribution in [1.29, 1.82) is 0 Å². The Morgan fingerprint density at radius 1 is 1.33 bits per heavy atom. The first-order valence-corrected chi connectivity index (χ1v) is 6.37. The summed E-state index contributed by atoms with van der Waals surface area (Å²) in [5.41, 5.74) is 1.05. The Balaban J connectivity index is 2.30. The van der Waals surface area contributed by atoms with Gasteiger partial charge in [-0.05, 0) is 52.7 Å². The first-order valence-electron chi connectivity index (χ1n) is 6.37. The third-order valence-electron chi connectivity index (χ3n) is 3.55. The number of Topliss-reactive ketones (excluding diaryl/α,β-unsaturated/α-hetero) is 1. The molecular formula is C15H21NO2. The fourth-order valence-electron chi connectivity index (χ4n) is 2.86. The predicted octanol–water partition coefficient (Wildman–Crippen LogP) is 3.17. The van der Waals surface area contributed by atoms with E-state index in [9.17, 15) is 4.79 Å². The van der Waals surface area contributed by atoms with Crippen molar-refractivity contribution in [2.24, 2.45) is 5.92 Å². The van der Waals surface area contributed by atoms with Gasteiger partial charge in [0.25, 0.3) is 0 Å². The summed E-state index contributed by atoms with van der Waals surface area (Å²) in [5.74, 6) is 0.0397. The molecule has 1 aliphatic heterocycles. The largest absolute Gasteiger partial charge is 0.369 e. The zero-order valence-electron chi connectivity index (χ0n) is 11.8. The van der Waals surface area contributed by atoms with Crippen molar-refractivity contribution >= 4 is 5.78 Å². The van der Waals surface area contributed by atoms with Gasteiger partial charge < -0.3 is 4.74 Å². The summed E-state index contributed by atoms with van der Waals surface area (Å²) in [4.78, 5) is 16.7. The molecule has 0 amide bonds. The minimum atomic E-state index is -0.412. The molecule has 1 fully saturated rings. The average molecular weight is 247 g/mol. The molecule has 1 aromatic heterocycles. The fraction of sp³-hybridized carbons (Fsp3) is 0.600. The standard InChI is InChI=1S/C15H21NO2/c1-10-6-11(9-16-8-10)13(17)12-7-14(2,3)18-15(12,4)5/h6,8-9,12H,7H2,1-5H3. The van der Waals surface area contributed by atoms with Crippen LogP contribution in [0.3, 0.4) is 0 Å². The summed E-state index contributed by atoms with van der Waals surface area (Å²) in [7, 11) is 0. The lowest BCUT2D eigenvalue weighted by molar-refractivity contribution is -0.0712.